The van der Waals surface area contributed by atoms with E-state index in [9.17, 15) is 22.8 Å². The van der Waals surface area contributed by atoms with Crippen LogP contribution in [0.25, 0.3) is 0 Å². The normalized spacial score (nSPS) is 18.2. The van der Waals surface area contributed by atoms with Crippen LogP contribution in [0.2, 0.25) is 10.0 Å². The van der Waals surface area contributed by atoms with E-state index in [1.165, 1.54) is 18.0 Å². The van der Waals surface area contributed by atoms with Gasteiger partial charge >= 0.3 is 6.18 Å². The van der Waals surface area contributed by atoms with Crippen LogP contribution in [0.15, 0.2) is 47.5 Å². The molecule has 3 rings (SSSR count). The van der Waals surface area contributed by atoms with Gasteiger partial charge in [-0.25, -0.2) is 4.99 Å². The Balaban J connectivity index is 1.72. The predicted molar refractivity (Wildman–Crippen MR) is 112 cm³/mol. The minimum atomic E-state index is -4.62. The summed E-state index contributed by atoms with van der Waals surface area (Å²) >= 11 is 12.4. The van der Waals surface area contributed by atoms with Gasteiger partial charge in [0.15, 0.2) is 5.17 Å². The summed E-state index contributed by atoms with van der Waals surface area (Å²) in [6, 6.07) is 9.73. The lowest BCUT2D eigenvalue weighted by Crippen LogP contribution is -2.30. The second kappa shape index (κ2) is 8.87. The van der Waals surface area contributed by atoms with Gasteiger partial charge < -0.3 is 5.32 Å². The largest absolute Gasteiger partial charge is 0.417 e. The summed E-state index contributed by atoms with van der Waals surface area (Å²) in [5, 5.41) is 2.20. The Hall–Kier alpha value is -2.23. The molecule has 2 aromatic rings. The average molecular weight is 476 g/mol. The fourth-order valence-electron chi connectivity index (χ4n) is 2.62. The molecule has 0 aromatic heterocycles. The van der Waals surface area contributed by atoms with E-state index >= 15 is 0 Å². The number of aliphatic imine (C=N–C) groups is 1. The number of amidine groups is 1. The molecule has 1 atom stereocenters. The van der Waals surface area contributed by atoms with Crippen LogP contribution in [0, 0.1) is 0 Å². The summed E-state index contributed by atoms with van der Waals surface area (Å²) in [7, 11) is 1.45. The molecule has 2 amide bonds. The van der Waals surface area contributed by atoms with Gasteiger partial charge in [-0.2, -0.15) is 13.2 Å². The maximum Gasteiger partial charge on any atom is 0.417 e. The molecule has 30 heavy (non-hydrogen) atoms. The van der Waals surface area contributed by atoms with E-state index in [0.29, 0.717) is 10.7 Å². The van der Waals surface area contributed by atoms with Crippen molar-refractivity contribution in [2.24, 2.45) is 4.99 Å². The van der Waals surface area contributed by atoms with Crippen LogP contribution in [-0.4, -0.2) is 34.2 Å². The summed E-state index contributed by atoms with van der Waals surface area (Å²) < 4.78 is 39.1. The van der Waals surface area contributed by atoms with E-state index in [-0.39, 0.29) is 29.1 Å². The monoisotopic (exact) mass is 475 g/mol. The number of thioether (sulfide) groups is 1. The van der Waals surface area contributed by atoms with Crippen LogP contribution in [0.3, 0.4) is 0 Å². The number of alkyl halides is 3. The Morgan fingerprint density at radius 3 is 2.50 bits per heavy atom. The van der Waals surface area contributed by atoms with Crippen molar-refractivity contribution in [3.63, 3.8) is 0 Å². The zero-order valence-electron chi connectivity index (χ0n) is 15.3. The van der Waals surface area contributed by atoms with Gasteiger partial charge in [0.25, 0.3) is 0 Å². The van der Waals surface area contributed by atoms with Gasteiger partial charge in [-0.15, -0.1) is 0 Å². The number of nitrogens with zero attached hydrogens (tertiary/aromatic N) is 2. The maximum atomic E-state index is 13.0. The molecule has 0 radical (unpaired) electrons. The molecule has 0 spiro atoms. The van der Waals surface area contributed by atoms with Crippen LogP contribution in [0.4, 0.5) is 24.5 Å². The molecular formula is C19H14Cl2F3N3O2S. The highest BCUT2D eigenvalue weighted by Crippen LogP contribution is 2.38. The lowest BCUT2D eigenvalue weighted by atomic mass is 10.2. The Labute approximate surface area is 184 Å². The van der Waals surface area contributed by atoms with E-state index in [0.717, 1.165) is 23.9 Å². The first-order chi connectivity index (χ1) is 14.0. The standard InChI is InChI=1S/C19H14Cl2F3N3O2S/c1-27-17(29)15(9-16(28)25-11-4-2-10(20)3-5-11)30-18(27)26-12-6-7-14(21)13(8-12)19(22,23)24/h2-8,15H,9H2,1H3,(H,25,28)/t15-/m0/s1. The zero-order chi connectivity index (χ0) is 22.1. The average Bonchev–Trinajstić information content (AvgIpc) is 2.92. The number of halogens is 5. The summed E-state index contributed by atoms with van der Waals surface area (Å²) in [4.78, 5) is 30.1. The molecule has 1 saturated heterocycles. The van der Waals surface area contributed by atoms with Crippen molar-refractivity contribution in [2.75, 3.05) is 12.4 Å². The van der Waals surface area contributed by atoms with Gasteiger partial charge in [0.2, 0.25) is 11.8 Å². The predicted octanol–water partition coefficient (Wildman–Crippen LogP) is 5.60. The number of carbonyl (C=O) groups excluding carboxylic acids is 2. The third-order valence-corrected chi connectivity index (χ3v) is 5.93. The molecule has 1 aliphatic heterocycles. The van der Waals surface area contributed by atoms with Crippen molar-refractivity contribution in [3.8, 4) is 0 Å². The molecule has 5 nitrogen and oxygen atoms in total. The van der Waals surface area contributed by atoms with Gasteiger partial charge in [0, 0.05) is 24.2 Å². The Kier molecular flexibility index (Phi) is 6.64. The van der Waals surface area contributed by atoms with E-state index in [1.807, 2.05) is 0 Å². The fraction of sp³-hybridized carbons (Fsp3) is 0.211. The van der Waals surface area contributed by atoms with E-state index in [4.69, 9.17) is 23.2 Å². The number of carbonyl (C=O) groups is 2. The number of hydrogen-bond donors (Lipinski definition) is 1. The van der Waals surface area contributed by atoms with E-state index in [1.54, 1.807) is 24.3 Å². The second-order valence-corrected chi connectivity index (χ2v) is 8.33. The SMILES string of the molecule is CN1C(=O)[C@H](CC(=O)Nc2ccc(Cl)cc2)SC1=Nc1ccc(Cl)c(C(F)(F)F)c1. The van der Waals surface area contributed by atoms with E-state index in [2.05, 4.69) is 10.3 Å². The van der Waals surface area contributed by atoms with Crippen molar-refractivity contribution in [1.82, 2.24) is 4.90 Å². The highest BCUT2D eigenvalue weighted by molar-refractivity contribution is 8.15. The molecule has 11 heteroatoms. The van der Waals surface area contributed by atoms with Crippen LogP contribution in [-0.2, 0) is 15.8 Å². The van der Waals surface area contributed by atoms with E-state index < -0.39 is 22.0 Å². The number of benzene rings is 2. The first-order valence-electron chi connectivity index (χ1n) is 8.49. The topological polar surface area (TPSA) is 61.8 Å². The molecule has 0 bridgehead atoms. The third kappa shape index (κ3) is 5.27. The lowest BCUT2D eigenvalue weighted by Gasteiger charge is -2.11. The summed E-state index contributed by atoms with van der Waals surface area (Å²) in [5.74, 6) is -0.751. The summed E-state index contributed by atoms with van der Waals surface area (Å²) in [5.41, 5.74) is -0.482. The first kappa shape index (κ1) is 22.5. The molecule has 0 unspecified atom stereocenters. The fourth-order valence-corrected chi connectivity index (χ4v) is 4.13. The van der Waals surface area contributed by atoms with Crippen LogP contribution in [0.1, 0.15) is 12.0 Å². The van der Waals surface area contributed by atoms with Crippen molar-refractivity contribution in [2.45, 2.75) is 17.8 Å². The Morgan fingerprint density at radius 2 is 1.87 bits per heavy atom. The van der Waals surface area contributed by atoms with Gasteiger partial charge in [0.05, 0.1) is 16.3 Å². The smallest absolute Gasteiger partial charge is 0.326 e. The quantitative estimate of drug-likeness (QED) is 0.625. The van der Waals surface area contributed by atoms with Gasteiger partial charge in [0.1, 0.15) is 5.25 Å². The Morgan fingerprint density at radius 1 is 1.20 bits per heavy atom. The van der Waals surface area contributed by atoms with Gasteiger partial charge in [-0.05, 0) is 42.5 Å². The second-order valence-electron chi connectivity index (χ2n) is 6.32. The van der Waals surface area contributed by atoms with Gasteiger partial charge in [-0.1, -0.05) is 35.0 Å². The highest BCUT2D eigenvalue weighted by atomic mass is 35.5. The Bertz CT molecular complexity index is 1010. The maximum absolute atomic E-state index is 13.0. The molecular weight excluding hydrogens is 462 g/mol. The lowest BCUT2D eigenvalue weighted by molar-refractivity contribution is -0.137. The highest BCUT2D eigenvalue weighted by Gasteiger charge is 2.37. The van der Waals surface area contributed by atoms with Crippen LogP contribution < -0.4 is 5.32 Å². The number of amides is 2. The van der Waals surface area contributed by atoms with Crippen molar-refractivity contribution >= 4 is 63.3 Å². The third-order valence-electron chi connectivity index (χ3n) is 4.12. The van der Waals surface area contributed by atoms with Gasteiger partial charge in [-0.3, -0.25) is 14.5 Å². The molecule has 158 valence electrons. The molecule has 0 saturated carbocycles. The minimum Gasteiger partial charge on any atom is -0.326 e. The van der Waals surface area contributed by atoms with Crippen molar-refractivity contribution in [1.29, 1.82) is 0 Å². The minimum absolute atomic E-state index is 0.000130. The number of rotatable bonds is 4. The van der Waals surface area contributed by atoms with Crippen molar-refractivity contribution in [3.05, 3.63) is 58.1 Å². The molecule has 1 heterocycles. The molecule has 1 N–H and O–H groups in total. The first-order valence-corrected chi connectivity index (χ1v) is 10.1. The molecule has 1 fully saturated rings. The summed E-state index contributed by atoms with van der Waals surface area (Å²) in [6.45, 7) is 0. The van der Waals surface area contributed by atoms with Crippen LogP contribution >= 0.6 is 35.0 Å². The van der Waals surface area contributed by atoms with Crippen LogP contribution in [0.5, 0.6) is 0 Å². The zero-order valence-corrected chi connectivity index (χ0v) is 17.7. The summed E-state index contributed by atoms with van der Waals surface area (Å²) in [6.07, 6.45) is -4.75. The molecule has 1 aliphatic rings. The number of hydrogen-bond acceptors (Lipinski definition) is 4. The number of nitrogens with one attached hydrogen (secondary N) is 1. The number of anilines is 1. The van der Waals surface area contributed by atoms with Crippen molar-refractivity contribution < 1.29 is 22.8 Å². The molecule has 2 aromatic carbocycles. The molecule has 0 aliphatic carbocycles.